The van der Waals surface area contributed by atoms with Crippen molar-refractivity contribution in [3.63, 3.8) is 0 Å². The Morgan fingerprint density at radius 3 is 2.45 bits per heavy atom. The van der Waals surface area contributed by atoms with Gasteiger partial charge in [-0.1, -0.05) is 43.7 Å². The van der Waals surface area contributed by atoms with Gasteiger partial charge in [0.1, 0.15) is 0 Å². The number of hydrogen-bond donors (Lipinski definition) is 1. The molecule has 1 saturated heterocycles. The Balaban J connectivity index is 1.53. The van der Waals surface area contributed by atoms with Crippen molar-refractivity contribution < 1.29 is 0 Å². The van der Waals surface area contributed by atoms with Crippen LogP contribution in [0.2, 0.25) is 0 Å². The number of rotatable bonds is 6. The number of piperidine rings is 1. The van der Waals surface area contributed by atoms with E-state index in [1.165, 1.54) is 5.56 Å². The van der Waals surface area contributed by atoms with Crippen molar-refractivity contribution in [1.82, 2.24) is 19.4 Å². The number of aryl methyl sites for hydroxylation is 2. The molecule has 1 aliphatic carbocycles. The average molecular weight is 531 g/mol. The van der Waals surface area contributed by atoms with Crippen LogP contribution in [0.3, 0.4) is 0 Å². The van der Waals surface area contributed by atoms with Gasteiger partial charge in [0, 0.05) is 31.5 Å². The minimum absolute atomic E-state index is 0.289. The molecule has 0 radical (unpaired) electrons. The number of anilines is 2. The molecule has 0 saturated carbocycles. The lowest BCUT2D eigenvalue weighted by Gasteiger charge is -2.31. The predicted octanol–water partition coefficient (Wildman–Crippen LogP) is 6.91. The van der Waals surface area contributed by atoms with E-state index in [4.69, 9.17) is 9.98 Å². The maximum absolute atomic E-state index is 5.39. The summed E-state index contributed by atoms with van der Waals surface area (Å²) >= 11 is 0. The molecule has 6 rings (SSSR count). The van der Waals surface area contributed by atoms with Crippen LogP contribution in [-0.2, 0) is 0 Å². The van der Waals surface area contributed by atoms with E-state index in [1.807, 2.05) is 25.3 Å². The number of benzene rings is 3. The van der Waals surface area contributed by atoms with E-state index in [0.717, 1.165) is 83.0 Å². The summed E-state index contributed by atoms with van der Waals surface area (Å²) in [6, 6.07) is 25.8. The first-order valence-corrected chi connectivity index (χ1v) is 14.4. The summed E-state index contributed by atoms with van der Waals surface area (Å²) in [6.45, 7) is 12.1. The molecule has 6 heteroatoms. The molecule has 6 nitrogen and oxygen atoms in total. The maximum Gasteiger partial charge on any atom is 0.0900 e. The van der Waals surface area contributed by atoms with E-state index in [9.17, 15) is 0 Å². The SMILES string of the molecule is Cc1ccc(-n2c3c/c(=N/C4CCN(CC(C)C)CC4)c(Nc4cccnc4C)cc-3nc3ccccc32)cc1. The van der Waals surface area contributed by atoms with Crippen LogP contribution in [0.1, 0.15) is 37.9 Å². The largest absolute Gasteiger partial charge is 0.352 e. The van der Waals surface area contributed by atoms with Crippen molar-refractivity contribution in [3.8, 4) is 17.1 Å². The highest BCUT2D eigenvalue weighted by Gasteiger charge is 2.21. The lowest BCUT2D eigenvalue weighted by Crippen LogP contribution is -2.38. The van der Waals surface area contributed by atoms with Gasteiger partial charge in [0.25, 0.3) is 0 Å². The van der Waals surface area contributed by atoms with Crippen LogP contribution in [0.5, 0.6) is 0 Å². The van der Waals surface area contributed by atoms with E-state index in [1.54, 1.807) is 0 Å². The highest BCUT2D eigenvalue weighted by molar-refractivity contribution is 5.84. The van der Waals surface area contributed by atoms with E-state index in [-0.39, 0.29) is 6.04 Å². The van der Waals surface area contributed by atoms with Crippen molar-refractivity contribution in [2.24, 2.45) is 10.9 Å². The number of likely N-dealkylation sites (tertiary alicyclic amines) is 1. The Hall–Kier alpha value is -4.03. The molecular weight excluding hydrogens is 492 g/mol. The van der Waals surface area contributed by atoms with Crippen LogP contribution >= 0.6 is 0 Å². The average Bonchev–Trinajstić information content (AvgIpc) is 2.95. The summed E-state index contributed by atoms with van der Waals surface area (Å²) < 4.78 is 2.32. The monoisotopic (exact) mass is 530 g/mol. The van der Waals surface area contributed by atoms with Gasteiger partial charge in [0.15, 0.2) is 0 Å². The number of nitrogens with zero attached hydrogens (tertiary/aromatic N) is 5. The van der Waals surface area contributed by atoms with Crippen molar-refractivity contribution in [1.29, 1.82) is 0 Å². The molecule has 1 fully saturated rings. The third kappa shape index (κ3) is 5.50. The van der Waals surface area contributed by atoms with E-state index in [2.05, 4.69) is 101 Å². The zero-order chi connectivity index (χ0) is 27.6. The Bertz CT molecular complexity index is 1660. The Morgan fingerprint density at radius 1 is 0.925 bits per heavy atom. The normalized spacial score (nSPS) is 15.4. The lowest BCUT2D eigenvalue weighted by molar-refractivity contribution is 0.192. The molecule has 0 spiro atoms. The van der Waals surface area contributed by atoms with Gasteiger partial charge < -0.3 is 14.8 Å². The number of hydrogen-bond acceptors (Lipinski definition) is 5. The van der Waals surface area contributed by atoms with Crippen LogP contribution in [0.25, 0.3) is 28.1 Å². The minimum atomic E-state index is 0.289. The third-order valence-corrected chi connectivity index (χ3v) is 7.77. The molecule has 3 aliphatic rings. The first-order chi connectivity index (χ1) is 19.4. The van der Waals surface area contributed by atoms with Gasteiger partial charge in [-0.3, -0.25) is 9.98 Å². The van der Waals surface area contributed by atoms with Gasteiger partial charge in [-0.2, -0.15) is 0 Å². The van der Waals surface area contributed by atoms with Crippen LogP contribution in [0, 0.1) is 19.8 Å². The van der Waals surface area contributed by atoms with Gasteiger partial charge in [0.05, 0.1) is 50.9 Å². The fourth-order valence-corrected chi connectivity index (χ4v) is 5.73. The van der Waals surface area contributed by atoms with Gasteiger partial charge in [-0.25, -0.2) is 4.98 Å². The van der Waals surface area contributed by atoms with Crippen LogP contribution in [0.15, 0.2) is 84.0 Å². The number of fused-ring (bicyclic) bond motifs is 2. The molecule has 40 heavy (non-hydrogen) atoms. The Morgan fingerprint density at radius 2 is 1.70 bits per heavy atom. The molecule has 0 bridgehead atoms. The third-order valence-electron chi connectivity index (χ3n) is 7.77. The summed E-state index contributed by atoms with van der Waals surface area (Å²) in [7, 11) is 0. The lowest BCUT2D eigenvalue weighted by atomic mass is 10.0. The summed E-state index contributed by atoms with van der Waals surface area (Å²) in [6.07, 6.45) is 3.98. The number of para-hydroxylation sites is 2. The molecule has 2 aromatic carbocycles. The summed E-state index contributed by atoms with van der Waals surface area (Å²) in [5.41, 5.74) is 9.27. The number of pyridine rings is 1. The fourth-order valence-electron chi connectivity index (χ4n) is 5.73. The number of aromatic nitrogens is 3. The quantitative estimate of drug-likeness (QED) is 0.243. The maximum atomic E-state index is 5.39. The molecular formula is C34H38N6. The van der Waals surface area contributed by atoms with Crippen LogP contribution < -0.4 is 10.7 Å². The summed E-state index contributed by atoms with van der Waals surface area (Å²) in [5.74, 6) is 0.687. The molecule has 0 amide bonds. The first-order valence-electron chi connectivity index (χ1n) is 14.4. The Kier molecular flexibility index (Phi) is 7.35. The fraction of sp³-hybridized carbons (Fsp3) is 0.324. The van der Waals surface area contributed by atoms with Crippen molar-refractivity contribution in [2.75, 3.05) is 25.0 Å². The number of nitrogens with one attached hydrogen (secondary N) is 1. The van der Waals surface area contributed by atoms with E-state index >= 15 is 0 Å². The van der Waals surface area contributed by atoms with Crippen LogP contribution in [0.4, 0.5) is 11.4 Å². The zero-order valence-corrected chi connectivity index (χ0v) is 23.9. The second kappa shape index (κ2) is 11.2. The van der Waals surface area contributed by atoms with Crippen molar-refractivity contribution in [3.05, 3.63) is 95.6 Å². The summed E-state index contributed by atoms with van der Waals surface area (Å²) in [5, 5.41) is 4.62. The molecule has 3 aromatic rings. The smallest absolute Gasteiger partial charge is 0.0900 e. The molecule has 2 aliphatic heterocycles. The van der Waals surface area contributed by atoms with E-state index in [0.29, 0.717) is 5.92 Å². The van der Waals surface area contributed by atoms with Gasteiger partial charge in [-0.15, -0.1) is 0 Å². The molecule has 3 heterocycles. The topological polar surface area (TPSA) is 58.3 Å². The summed E-state index contributed by atoms with van der Waals surface area (Å²) in [4.78, 5) is 17.6. The molecule has 0 atom stereocenters. The predicted molar refractivity (Wildman–Crippen MR) is 165 cm³/mol. The van der Waals surface area contributed by atoms with Gasteiger partial charge in [0.2, 0.25) is 0 Å². The second-order valence-corrected chi connectivity index (χ2v) is 11.4. The van der Waals surface area contributed by atoms with Crippen molar-refractivity contribution in [2.45, 2.75) is 46.6 Å². The van der Waals surface area contributed by atoms with Gasteiger partial charge >= 0.3 is 0 Å². The second-order valence-electron chi connectivity index (χ2n) is 11.4. The highest BCUT2D eigenvalue weighted by Crippen LogP contribution is 2.31. The first kappa shape index (κ1) is 26.2. The Labute approximate surface area is 236 Å². The van der Waals surface area contributed by atoms with E-state index < -0.39 is 0 Å². The van der Waals surface area contributed by atoms with Crippen LogP contribution in [-0.4, -0.2) is 45.1 Å². The molecule has 0 unspecified atom stereocenters. The molecule has 1 N–H and O–H groups in total. The van der Waals surface area contributed by atoms with Gasteiger partial charge in [-0.05, 0) is 81.1 Å². The minimum Gasteiger partial charge on any atom is -0.352 e. The zero-order valence-electron chi connectivity index (χ0n) is 23.9. The molecule has 1 aromatic heterocycles. The standard InChI is InChI=1S/C34H38N6/c1-23(2)22-39-18-15-26(16-19-39)36-31-21-34-32(20-30(31)37-28-9-7-17-35-25(28)4)38-29-8-5-6-10-33(29)40(34)27-13-11-24(3)12-14-27/h5-14,17,20-21,23,26,37H,15-16,18-19,22H2,1-4H3/b36-31-. The van der Waals surface area contributed by atoms with Crippen molar-refractivity contribution >= 4 is 22.4 Å². The highest BCUT2D eigenvalue weighted by atomic mass is 15.1. The molecule has 204 valence electrons.